The first kappa shape index (κ1) is 14.5. The third-order valence-corrected chi connectivity index (χ3v) is 3.35. The number of rotatable bonds is 4. The molecule has 0 bridgehead atoms. The van der Waals surface area contributed by atoms with Crippen LogP contribution in [0.3, 0.4) is 0 Å². The van der Waals surface area contributed by atoms with Gasteiger partial charge in [-0.2, -0.15) is 0 Å². The highest BCUT2D eigenvalue weighted by Gasteiger charge is 2.12. The molecule has 0 atom stereocenters. The summed E-state index contributed by atoms with van der Waals surface area (Å²) in [5.41, 5.74) is 6.56. The topological polar surface area (TPSA) is 99.4 Å². The number of nitro groups is 1. The van der Waals surface area contributed by atoms with E-state index in [-0.39, 0.29) is 22.9 Å². The minimum absolute atomic E-state index is 0.0794. The van der Waals surface area contributed by atoms with Crippen LogP contribution in [0.5, 0.6) is 0 Å². The normalized spacial score (nSPS) is 11.1. The van der Waals surface area contributed by atoms with Crippen LogP contribution in [0.4, 0.5) is 11.4 Å². The molecule has 0 amide bonds. The van der Waals surface area contributed by atoms with Crippen LogP contribution < -0.4 is 5.73 Å². The molecule has 114 valence electrons. The summed E-state index contributed by atoms with van der Waals surface area (Å²) in [6.45, 7) is 0. The largest absolute Gasteiger partial charge is 0.453 e. The van der Waals surface area contributed by atoms with E-state index in [1.165, 1.54) is 24.3 Å². The fourth-order valence-corrected chi connectivity index (χ4v) is 2.18. The van der Waals surface area contributed by atoms with Crippen LogP contribution in [-0.4, -0.2) is 10.7 Å². The lowest BCUT2D eigenvalue weighted by molar-refractivity contribution is -0.383. The second kappa shape index (κ2) is 5.76. The number of furan rings is 1. The van der Waals surface area contributed by atoms with Crippen molar-refractivity contribution < 1.29 is 14.1 Å². The Bertz CT molecular complexity index is 908. The molecule has 0 aliphatic carbocycles. The van der Waals surface area contributed by atoms with Gasteiger partial charge in [-0.25, -0.2) is 0 Å². The van der Waals surface area contributed by atoms with Crippen molar-refractivity contribution in [3.63, 3.8) is 0 Å². The van der Waals surface area contributed by atoms with Gasteiger partial charge in [0.25, 0.3) is 5.69 Å². The number of nitrogens with two attached hydrogens (primary N) is 1. The number of carbonyl (C=O) groups excluding carboxylic acids is 1. The summed E-state index contributed by atoms with van der Waals surface area (Å²) in [6.07, 6.45) is 2.80. The SMILES string of the molecule is Nc1ccc(/C=C/C(=O)c2cc3ccccc3o2)cc1[N+](=O)[O-]. The van der Waals surface area contributed by atoms with Crippen molar-refractivity contribution in [2.45, 2.75) is 0 Å². The van der Waals surface area contributed by atoms with Crippen molar-refractivity contribution in [3.05, 3.63) is 76.0 Å². The number of ketones is 1. The zero-order chi connectivity index (χ0) is 16.4. The number of nitrogen functional groups attached to an aromatic ring is 1. The van der Waals surface area contributed by atoms with Gasteiger partial charge in [0.2, 0.25) is 5.78 Å². The first-order valence-corrected chi connectivity index (χ1v) is 6.79. The number of anilines is 1. The molecule has 2 aromatic carbocycles. The predicted molar refractivity (Wildman–Crippen MR) is 87.1 cm³/mol. The molecule has 6 nitrogen and oxygen atoms in total. The smallest absolute Gasteiger partial charge is 0.292 e. The number of benzene rings is 2. The van der Waals surface area contributed by atoms with Gasteiger partial charge >= 0.3 is 0 Å². The van der Waals surface area contributed by atoms with Crippen molar-refractivity contribution in [2.75, 3.05) is 5.73 Å². The number of allylic oxidation sites excluding steroid dienone is 1. The van der Waals surface area contributed by atoms with E-state index < -0.39 is 4.92 Å². The summed E-state index contributed by atoms with van der Waals surface area (Å²) in [7, 11) is 0. The number of nitrogens with zero attached hydrogens (tertiary/aromatic N) is 1. The van der Waals surface area contributed by atoms with Gasteiger partial charge in [0.1, 0.15) is 11.3 Å². The Hall–Kier alpha value is -3.41. The monoisotopic (exact) mass is 308 g/mol. The maximum absolute atomic E-state index is 12.1. The predicted octanol–water partition coefficient (Wildman–Crippen LogP) is 3.82. The van der Waals surface area contributed by atoms with E-state index in [0.29, 0.717) is 11.1 Å². The molecule has 0 unspecified atom stereocenters. The van der Waals surface area contributed by atoms with Gasteiger partial charge in [0, 0.05) is 11.5 Å². The van der Waals surface area contributed by atoms with Gasteiger partial charge in [0.05, 0.1) is 4.92 Å². The summed E-state index contributed by atoms with van der Waals surface area (Å²) in [5.74, 6) is -0.104. The molecule has 0 saturated carbocycles. The van der Waals surface area contributed by atoms with Crippen LogP contribution in [0.15, 0.2) is 59.0 Å². The Morgan fingerprint density at radius 1 is 1.17 bits per heavy atom. The number of carbonyl (C=O) groups is 1. The molecule has 0 saturated heterocycles. The van der Waals surface area contributed by atoms with Crippen LogP contribution in [0.1, 0.15) is 16.1 Å². The maximum atomic E-state index is 12.1. The van der Waals surface area contributed by atoms with Gasteiger partial charge in [-0.1, -0.05) is 30.3 Å². The van der Waals surface area contributed by atoms with Crippen LogP contribution in [0, 0.1) is 10.1 Å². The van der Waals surface area contributed by atoms with Gasteiger partial charge < -0.3 is 10.2 Å². The third kappa shape index (κ3) is 2.96. The molecule has 0 aliphatic rings. The Kier molecular flexibility index (Phi) is 3.64. The van der Waals surface area contributed by atoms with Crippen molar-refractivity contribution in [2.24, 2.45) is 0 Å². The van der Waals surface area contributed by atoms with E-state index in [1.807, 2.05) is 18.2 Å². The quantitative estimate of drug-likeness (QED) is 0.260. The molecule has 0 spiro atoms. The second-order valence-corrected chi connectivity index (χ2v) is 4.92. The van der Waals surface area contributed by atoms with E-state index in [2.05, 4.69) is 0 Å². The van der Waals surface area contributed by atoms with Crippen molar-refractivity contribution in [1.82, 2.24) is 0 Å². The average Bonchev–Trinajstić information content (AvgIpc) is 2.97. The summed E-state index contributed by atoms with van der Waals surface area (Å²) in [6, 6.07) is 13.3. The Morgan fingerprint density at radius 3 is 2.70 bits per heavy atom. The van der Waals surface area contributed by atoms with E-state index in [9.17, 15) is 14.9 Å². The molecular weight excluding hydrogens is 296 g/mol. The molecule has 0 aliphatic heterocycles. The van der Waals surface area contributed by atoms with E-state index in [0.717, 1.165) is 5.39 Å². The van der Waals surface area contributed by atoms with E-state index in [1.54, 1.807) is 18.2 Å². The molecule has 3 rings (SSSR count). The Balaban J connectivity index is 1.86. The van der Waals surface area contributed by atoms with Crippen LogP contribution in [0.2, 0.25) is 0 Å². The molecule has 6 heteroatoms. The van der Waals surface area contributed by atoms with Crippen molar-refractivity contribution in [1.29, 1.82) is 0 Å². The maximum Gasteiger partial charge on any atom is 0.292 e. The fraction of sp³-hybridized carbons (Fsp3) is 0. The average molecular weight is 308 g/mol. The standard InChI is InChI=1S/C17H12N2O4/c18-13-7-5-11(9-14(13)19(21)22)6-8-15(20)17-10-12-3-1-2-4-16(12)23-17/h1-10H,18H2/b8-6+. The number of hydrogen-bond donors (Lipinski definition) is 1. The van der Waals surface area contributed by atoms with Crippen LogP contribution in [0.25, 0.3) is 17.0 Å². The van der Waals surface area contributed by atoms with Crippen molar-refractivity contribution >= 4 is 34.2 Å². The summed E-state index contributed by atoms with van der Waals surface area (Å²) < 4.78 is 5.47. The zero-order valence-electron chi connectivity index (χ0n) is 11.9. The second-order valence-electron chi connectivity index (χ2n) is 4.92. The van der Waals surface area contributed by atoms with Crippen LogP contribution in [-0.2, 0) is 0 Å². The molecule has 2 N–H and O–H groups in total. The lowest BCUT2D eigenvalue weighted by Crippen LogP contribution is -1.96. The number of nitro benzene ring substituents is 1. The minimum Gasteiger partial charge on any atom is -0.453 e. The molecule has 0 radical (unpaired) electrons. The van der Waals surface area contributed by atoms with E-state index >= 15 is 0 Å². The molecule has 0 fully saturated rings. The highest BCUT2D eigenvalue weighted by atomic mass is 16.6. The number of fused-ring (bicyclic) bond motifs is 1. The van der Waals surface area contributed by atoms with Gasteiger partial charge in [-0.15, -0.1) is 0 Å². The first-order valence-electron chi connectivity index (χ1n) is 6.79. The van der Waals surface area contributed by atoms with Crippen LogP contribution >= 0.6 is 0 Å². The highest BCUT2D eigenvalue weighted by Crippen LogP contribution is 2.23. The highest BCUT2D eigenvalue weighted by molar-refractivity contribution is 6.07. The zero-order valence-corrected chi connectivity index (χ0v) is 11.9. The molecule has 1 heterocycles. The Morgan fingerprint density at radius 2 is 1.96 bits per heavy atom. The lowest BCUT2D eigenvalue weighted by atomic mass is 10.1. The van der Waals surface area contributed by atoms with Crippen molar-refractivity contribution in [3.8, 4) is 0 Å². The van der Waals surface area contributed by atoms with Gasteiger partial charge in [0.15, 0.2) is 5.76 Å². The first-order chi connectivity index (χ1) is 11.0. The van der Waals surface area contributed by atoms with Gasteiger partial charge in [-0.3, -0.25) is 14.9 Å². The third-order valence-electron chi connectivity index (χ3n) is 3.35. The number of para-hydroxylation sites is 1. The molecule has 1 aromatic heterocycles. The summed E-state index contributed by atoms with van der Waals surface area (Å²) >= 11 is 0. The summed E-state index contributed by atoms with van der Waals surface area (Å²) in [5, 5.41) is 11.7. The van der Waals surface area contributed by atoms with E-state index in [4.69, 9.17) is 10.2 Å². The van der Waals surface area contributed by atoms with Gasteiger partial charge in [-0.05, 0) is 29.8 Å². The Labute approximate surface area is 131 Å². The molecule has 3 aromatic rings. The minimum atomic E-state index is -0.562. The summed E-state index contributed by atoms with van der Waals surface area (Å²) in [4.78, 5) is 22.4. The lowest BCUT2D eigenvalue weighted by Gasteiger charge is -1.98. The number of hydrogen-bond acceptors (Lipinski definition) is 5. The molecule has 23 heavy (non-hydrogen) atoms. The fourth-order valence-electron chi connectivity index (χ4n) is 2.18. The molecular formula is C17H12N2O4.